The summed E-state index contributed by atoms with van der Waals surface area (Å²) in [6.07, 6.45) is 1.35. The highest BCUT2D eigenvalue weighted by atomic mass is 35.5. The summed E-state index contributed by atoms with van der Waals surface area (Å²) in [5, 5.41) is -0.778. The fourth-order valence-corrected chi connectivity index (χ4v) is 3.38. The molecule has 4 nitrogen and oxygen atoms in total. The number of rotatable bonds is 3. The van der Waals surface area contributed by atoms with Crippen molar-refractivity contribution >= 4 is 50.5 Å². The van der Waals surface area contributed by atoms with Gasteiger partial charge in [-0.05, 0) is 24.3 Å². The highest BCUT2D eigenvalue weighted by molar-refractivity contribution is 7.92. The van der Waals surface area contributed by atoms with Crippen molar-refractivity contribution in [3.8, 4) is 0 Å². The number of pyridine rings is 1. The van der Waals surface area contributed by atoms with Gasteiger partial charge in [0, 0.05) is 6.20 Å². The van der Waals surface area contributed by atoms with Crippen molar-refractivity contribution < 1.29 is 12.8 Å². The van der Waals surface area contributed by atoms with Crippen LogP contribution in [0.3, 0.4) is 0 Å². The van der Waals surface area contributed by atoms with Crippen molar-refractivity contribution in [2.45, 2.75) is 4.90 Å². The molecule has 0 saturated heterocycles. The molecule has 2 aromatic rings. The fourth-order valence-electron chi connectivity index (χ4n) is 1.40. The Morgan fingerprint density at radius 3 is 2.30 bits per heavy atom. The van der Waals surface area contributed by atoms with Gasteiger partial charge in [0.2, 0.25) is 0 Å². The number of halogens is 4. The second-order valence-corrected chi connectivity index (χ2v) is 6.47. The Bertz CT molecular complexity index is 745. The number of aromatic nitrogens is 1. The minimum atomic E-state index is -3.97. The Balaban J connectivity index is 2.42. The molecule has 0 spiro atoms. The van der Waals surface area contributed by atoms with Crippen LogP contribution in [0.1, 0.15) is 0 Å². The van der Waals surface area contributed by atoms with Crippen molar-refractivity contribution in [2.24, 2.45) is 0 Å². The van der Waals surface area contributed by atoms with Gasteiger partial charge in [0.25, 0.3) is 10.0 Å². The molecule has 106 valence electrons. The SMILES string of the molecule is O=S(=O)(Nc1cc(Cl)c(F)c(Cl)c1)c1cccnc1Cl. The van der Waals surface area contributed by atoms with Crippen LogP contribution in [0.2, 0.25) is 15.2 Å². The second-order valence-electron chi connectivity index (χ2n) is 3.65. The van der Waals surface area contributed by atoms with E-state index in [0.29, 0.717) is 0 Å². The van der Waals surface area contributed by atoms with Gasteiger partial charge in [0.1, 0.15) is 10.0 Å². The van der Waals surface area contributed by atoms with Crippen molar-refractivity contribution in [3.05, 3.63) is 51.5 Å². The molecule has 1 aromatic carbocycles. The van der Waals surface area contributed by atoms with E-state index in [2.05, 4.69) is 9.71 Å². The van der Waals surface area contributed by atoms with E-state index in [0.717, 1.165) is 12.1 Å². The Morgan fingerprint density at radius 2 is 1.75 bits per heavy atom. The van der Waals surface area contributed by atoms with Gasteiger partial charge in [0.15, 0.2) is 5.82 Å². The summed E-state index contributed by atoms with van der Waals surface area (Å²) in [6.45, 7) is 0. The third-order valence-corrected chi connectivity index (χ3v) is 4.63. The molecule has 0 aliphatic rings. The van der Waals surface area contributed by atoms with Gasteiger partial charge < -0.3 is 0 Å². The van der Waals surface area contributed by atoms with Crippen LogP contribution in [0.5, 0.6) is 0 Å². The topological polar surface area (TPSA) is 59.1 Å². The predicted molar refractivity (Wildman–Crippen MR) is 76.5 cm³/mol. The average Bonchev–Trinajstić information content (AvgIpc) is 2.35. The van der Waals surface area contributed by atoms with Gasteiger partial charge in [-0.25, -0.2) is 17.8 Å². The molecule has 2 rings (SSSR count). The fraction of sp³-hybridized carbons (Fsp3) is 0. The molecule has 0 saturated carbocycles. The van der Waals surface area contributed by atoms with Gasteiger partial charge in [-0.2, -0.15) is 0 Å². The van der Waals surface area contributed by atoms with Crippen LogP contribution in [-0.2, 0) is 10.0 Å². The van der Waals surface area contributed by atoms with Crippen molar-refractivity contribution in [2.75, 3.05) is 4.72 Å². The summed E-state index contributed by atoms with van der Waals surface area (Å²) in [4.78, 5) is 3.46. The lowest BCUT2D eigenvalue weighted by molar-refractivity contribution is 0.600. The highest BCUT2D eigenvalue weighted by Gasteiger charge is 2.19. The minimum absolute atomic E-state index is 0.0151. The Morgan fingerprint density at radius 1 is 1.15 bits per heavy atom. The zero-order valence-electron chi connectivity index (χ0n) is 9.57. The van der Waals surface area contributed by atoms with Crippen molar-refractivity contribution in [3.63, 3.8) is 0 Å². The first-order valence-corrected chi connectivity index (χ1v) is 7.71. The van der Waals surface area contributed by atoms with Gasteiger partial charge in [-0.15, -0.1) is 0 Å². The summed E-state index contributed by atoms with van der Waals surface area (Å²) < 4.78 is 39.7. The first-order valence-electron chi connectivity index (χ1n) is 5.09. The molecule has 1 N–H and O–H groups in total. The van der Waals surface area contributed by atoms with E-state index in [-0.39, 0.29) is 25.8 Å². The summed E-state index contributed by atoms with van der Waals surface area (Å²) in [5.41, 5.74) is 0.0151. The van der Waals surface area contributed by atoms with Gasteiger partial charge in [0.05, 0.1) is 15.7 Å². The van der Waals surface area contributed by atoms with E-state index in [4.69, 9.17) is 34.8 Å². The van der Waals surface area contributed by atoms with Gasteiger partial charge >= 0.3 is 0 Å². The van der Waals surface area contributed by atoms with Crippen molar-refractivity contribution in [1.82, 2.24) is 4.98 Å². The van der Waals surface area contributed by atoms with E-state index < -0.39 is 15.8 Å². The lowest BCUT2D eigenvalue weighted by atomic mass is 10.3. The van der Waals surface area contributed by atoms with E-state index >= 15 is 0 Å². The Labute approximate surface area is 129 Å². The molecule has 1 aromatic heterocycles. The summed E-state index contributed by atoms with van der Waals surface area (Å²) in [5.74, 6) is -0.823. The van der Waals surface area contributed by atoms with Crippen LogP contribution in [-0.4, -0.2) is 13.4 Å². The molecule has 0 aliphatic carbocycles. The molecule has 0 atom stereocenters. The molecule has 0 radical (unpaired) electrons. The third kappa shape index (κ3) is 3.15. The molecule has 0 fully saturated rings. The Kier molecular flexibility index (Phi) is 4.39. The quantitative estimate of drug-likeness (QED) is 0.669. The molecule has 20 heavy (non-hydrogen) atoms. The molecule has 0 bridgehead atoms. The largest absolute Gasteiger partial charge is 0.279 e. The molecule has 1 heterocycles. The molecule has 0 aliphatic heterocycles. The lowest BCUT2D eigenvalue weighted by Crippen LogP contribution is -2.14. The number of hydrogen-bond acceptors (Lipinski definition) is 3. The number of nitrogens with one attached hydrogen (secondary N) is 1. The predicted octanol–water partition coefficient (Wildman–Crippen LogP) is 3.98. The van der Waals surface area contributed by atoms with Crippen LogP contribution in [0.4, 0.5) is 10.1 Å². The maximum absolute atomic E-state index is 13.3. The maximum Gasteiger partial charge on any atom is 0.264 e. The van der Waals surface area contributed by atoms with Gasteiger partial charge in [-0.1, -0.05) is 34.8 Å². The number of anilines is 1. The second kappa shape index (κ2) is 5.73. The maximum atomic E-state index is 13.3. The van der Waals surface area contributed by atoms with Crippen LogP contribution >= 0.6 is 34.8 Å². The summed E-state index contributed by atoms with van der Waals surface area (Å²) in [7, 11) is -3.97. The van der Waals surface area contributed by atoms with E-state index in [1.165, 1.54) is 18.3 Å². The Hall–Kier alpha value is -1.08. The van der Waals surface area contributed by atoms with E-state index in [1.807, 2.05) is 0 Å². The molecule has 0 amide bonds. The number of hydrogen-bond donors (Lipinski definition) is 1. The van der Waals surface area contributed by atoms with Crippen LogP contribution in [0.15, 0.2) is 35.4 Å². The average molecular weight is 356 g/mol. The van der Waals surface area contributed by atoms with Crippen LogP contribution < -0.4 is 4.72 Å². The zero-order chi connectivity index (χ0) is 14.9. The molecule has 9 heteroatoms. The van der Waals surface area contributed by atoms with Gasteiger partial charge in [-0.3, -0.25) is 4.72 Å². The first kappa shape index (κ1) is 15.3. The summed E-state index contributed by atoms with van der Waals surface area (Å²) >= 11 is 16.9. The smallest absolute Gasteiger partial charge is 0.264 e. The van der Waals surface area contributed by atoms with Crippen LogP contribution in [0, 0.1) is 5.82 Å². The number of sulfonamides is 1. The normalized spacial score (nSPS) is 11.4. The number of benzene rings is 1. The monoisotopic (exact) mass is 354 g/mol. The zero-order valence-corrected chi connectivity index (χ0v) is 12.7. The summed E-state index contributed by atoms with van der Waals surface area (Å²) in [6, 6.07) is 4.91. The lowest BCUT2D eigenvalue weighted by Gasteiger charge is -2.10. The van der Waals surface area contributed by atoms with Crippen LogP contribution in [0.25, 0.3) is 0 Å². The highest BCUT2D eigenvalue weighted by Crippen LogP contribution is 2.29. The third-order valence-electron chi connectivity index (χ3n) is 2.25. The van der Waals surface area contributed by atoms with E-state index in [1.54, 1.807) is 0 Å². The number of nitrogens with zero attached hydrogens (tertiary/aromatic N) is 1. The standard InChI is InChI=1S/C11H6Cl3FN2O2S/c12-7-4-6(5-8(13)10(7)15)17-20(18,19)9-2-1-3-16-11(9)14/h1-5,17H. The molecule has 0 unspecified atom stereocenters. The molecular weight excluding hydrogens is 350 g/mol. The first-order chi connectivity index (χ1) is 9.31. The molecular formula is C11H6Cl3FN2O2S. The minimum Gasteiger partial charge on any atom is -0.279 e. The van der Waals surface area contributed by atoms with E-state index in [9.17, 15) is 12.8 Å². The van der Waals surface area contributed by atoms with Crippen molar-refractivity contribution in [1.29, 1.82) is 0 Å².